The Morgan fingerprint density at radius 2 is 1.80 bits per heavy atom. The van der Waals surface area contributed by atoms with Crippen LogP contribution in [-0.2, 0) is 26.5 Å². The number of rotatable bonds is 3. The van der Waals surface area contributed by atoms with Gasteiger partial charge < -0.3 is 14.4 Å². The van der Waals surface area contributed by atoms with Crippen molar-refractivity contribution >= 4 is 43.5 Å². The second-order valence-electron chi connectivity index (χ2n) is 10.3. The third-order valence-corrected chi connectivity index (χ3v) is 7.11. The zero-order valence-corrected chi connectivity index (χ0v) is 25.9. The predicted octanol–water partition coefficient (Wildman–Crippen LogP) is 9.50. The molecule has 207 valence electrons. The Morgan fingerprint density at radius 3 is 2.56 bits per heavy atom. The number of aryl methyl sites for hydroxylation is 1. The molecule has 0 bridgehead atoms. The van der Waals surface area contributed by atoms with Crippen molar-refractivity contribution in [1.29, 1.82) is 0 Å². The summed E-state index contributed by atoms with van der Waals surface area (Å²) in [7, 11) is 0. The molecule has 2 aromatic carbocycles. The largest absolute Gasteiger partial charge is 0.486 e. The summed E-state index contributed by atoms with van der Waals surface area (Å²) in [5.41, 5.74) is 3.54. The molecule has 41 heavy (non-hydrogen) atoms. The van der Waals surface area contributed by atoms with Crippen LogP contribution < -0.4 is 0 Å². The summed E-state index contributed by atoms with van der Waals surface area (Å²) in [6.45, 7) is 3.36. The molecule has 1 radical (unpaired) electrons. The van der Waals surface area contributed by atoms with E-state index in [0.717, 1.165) is 32.1 Å². The third kappa shape index (κ3) is 6.46. The Balaban J connectivity index is 0.000000269. The second kappa shape index (κ2) is 12.0. The number of furan rings is 1. The normalized spacial score (nSPS) is 13.8. The molecule has 0 saturated heterocycles. The predicted molar refractivity (Wildman–Crippen MR) is 165 cm³/mol. The van der Waals surface area contributed by atoms with Gasteiger partial charge in [0.1, 0.15) is 0 Å². The van der Waals surface area contributed by atoms with Crippen molar-refractivity contribution in [3.05, 3.63) is 114 Å². The van der Waals surface area contributed by atoms with E-state index in [0.29, 0.717) is 21.7 Å². The Kier molecular flexibility index (Phi) is 6.73. The standard InChI is InChI=1S/C24H21N2OS.C11H8N.Ir/c1-14-8-9-18-17-6-5-7-19(22(17)27-23(18)26-14)20-11-15-10-16(12-24(2,3)4)28-21(15)13-25-20;1-2-6-10(7-3-1)11-8-4-5-9-12-11;/h5-6,8-11,13H,12H2,1-4H3;1-6,8-9H;/q2*-1;/i1D3,12D2;;. The van der Waals surface area contributed by atoms with E-state index in [1.165, 1.54) is 17.4 Å². The topological polar surface area (TPSA) is 51.8 Å². The molecule has 0 aliphatic heterocycles. The first-order valence-corrected chi connectivity index (χ1v) is 13.7. The Labute approximate surface area is 264 Å². The van der Waals surface area contributed by atoms with Crippen molar-refractivity contribution in [2.45, 2.75) is 34.0 Å². The molecule has 7 rings (SSSR count). The van der Waals surface area contributed by atoms with Crippen LogP contribution in [0.4, 0.5) is 0 Å². The minimum Gasteiger partial charge on any atom is -0.486 e. The van der Waals surface area contributed by atoms with Crippen LogP contribution in [0.1, 0.15) is 38.2 Å². The van der Waals surface area contributed by atoms with Gasteiger partial charge in [0.25, 0.3) is 0 Å². The van der Waals surface area contributed by atoms with Crippen molar-refractivity contribution in [2.24, 2.45) is 5.41 Å². The van der Waals surface area contributed by atoms with Gasteiger partial charge in [-0.15, -0.1) is 65.4 Å². The van der Waals surface area contributed by atoms with Gasteiger partial charge in [0.15, 0.2) is 0 Å². The number of hydrogen-bond donors (Lipinski definition) is 0. The smallest absolute Gasteiger partial charge is 0.216 e. The van der Waals surface area contributed by atoms with Gasteiger partial charge in [-0.25, -0.2) is 4.98 Å². The Bertz CT molecular complexity index is 2080. The summed E-state index contributed by atoms with van der Waals surface area (Å²) < 4.78 is 46.9. The molecule has 6 heteroatoms. The molecule has 0 N–H and O–H groups in total. The van der Waals surface area contributed by atoms with Crippen LogP contribution in [0.3, 0.4) is 0 Å². The monoisotopic (exact) mass is 737 g/mol. The van der Waals surface area contributed by atoms with E-state index < -0.39 is 18.6 Å². The molecule has 0 fully saturated rings. The number of benzene rings is 2. The molecular weight excluding hydrogens is 703 g/mol. The zero-order chi connectivity index (χ0) is 32.0. The molecule has 0 spiro atoms. The first-order chi connectivity index (χ1) is 21.3. The molecule has 4 nitrogen and oxygen atoms in total. The molecule has 7 aromatic rings. The maximum absolute atomic E-state index is 8.59. The summed E-state index contributed by atoms with van der Waals surface area (Å²) in [6.07, 6.45) is 2.06. The fourth-order valence-corrected chi connectivity index (χ4v) is 5.52. The van der Waals surface area contributed by atoms with Crippen LogP contribution >= 0.6 is 11.3 Å². The van der Waals surface area contributed by atoms with Crippen molar-refractivity contribution in [1.82, 2.24) is 15.0 Å². The summed E-state index contributed by atoms with van der Waals surface area (Å²) in [5, 5.41) is 2.43. The minimum atomic E-state index is -2.32. The van der Waals surface area contributed by atoms with Gasteiger partial charge in [0.2, 0.25) is 5.71 Å². The molecule has 5 aromatic heterocycles. The molecule has 0 saturated carbocycles. The van der Waals surface area contributed by atoms with E-state index in [1.54, 1.807) is 24.5 Å². The van der Waals surface area contributed by atoms with Crippen LogP contribution in [0.2, 0.25) is 0 Å². The van der Waals surface area contributed by atoms with E-state index in [1.807, 2.05) is 81.4 Å². The molecule has 5 heterocycles. The Hall–Kier alpha value is -3.70. The van der Waals surface area contributed by atoms with Gasteiger partial charge in [-0.1, -0.05) is 49.9 Å². The SMILES string of the molecule is [2H]C([2H])([2H])c1ccc2c(n1)oc1c(-c3cc4cc(C([2H])([2H])C(C)(C)C)sc4cn3)[c-]ccc12.[Ir].[c-]1ccccc1-c1ccccn1. The molecule has 0 unspecified atom stereocenters. The first-order valence-electron chi connectivity index (χ1n) is 15.4. The number of thiophene rings is 1. The molecular formula is C35H29IrN3OS-2. The number of pyridine rings is 3. The molecule has 0 amide bonds. The van der Waals surface area contributed by atoms with Gasteiger partial charge in [0, 0.05) is 55.3 Å². The number of aromatic nitrogens is 3. The van der Waals surface area contributed by atoms with Crippen LogP contribution in [-0.4, -0.2) is 15.0 Å². The zero-order valence-electron chi connectivity index (χ0n) is 27.7. The van der Waals surface area contributed by atoms with Crippen molar-refractivity contribution in [3.8, 4) is 22.5 Å². The summed E-state index contributed by atoms with van der Waals surface area (Å²) in [4.78, 5) is 13.7. The summed E-state index contributed by atoms with van der Waals surface area (Å²) in [5.74, 6) is 0. The van der Waals surface area contributed by atoms with Gasteiger partial charge in [0.05, 0.1) is 10.3 Å². The fraction of sp³-hybridized carbons (Fsp3) is 0.171. The summed E-state index contributed by atoms with van der Waals surface area (Å²) in [6, 6.07) is 30.7. The number of fused-ring (bicyclic) bond motifs is 4. The van der Waals surface area contributed by atoms with Gasteiger partial charge >= 0.3 is 0 Å². The van der Waals surface area contributed by atoms with Gasteiger partial charge in [-0.3, -0.25) is 0 Å². The van der Waals surface area contributed by atoms with Crippen molar-refractivity contribution in [2.75, 3.05) is 0 Å². The quantitative estimate of drug-likeness (QED) is 0.170. The van der Waals surface area contributed by atoms with Crippen LogP contribution in [0.15, 0.2) is 95.7 Å². The fourth-order valence-electron chi connectivity index (χ4n) is 4.40. The van der Waals surface area contributed by atoms with E-state index in [2.05, 4.69) is 27.1 Å². The number of nitrogens with zero attached hydrogens (tertiary/aromatic N) is 3. The first kappa shape index (κ1) is 22.9. The van der Waals surface area contributed by atoms with Gasteiger partial charge in [-0.05, 0) is 59.7 Å². The average Bonchev–Trinajstić information content (AvgIpc) is 3.63. The van der Waals surface area contributed by atoms with Crippen LogP contribution in [0.5, 0.6) is 0 Å². The second-order valence-corrected chi connectivity index (χ2v) is 11.4. The minimum absolute atomic E-state index is 0. The maximum atomic E-state index is 8.59. The average molecular weight is 737 g/mol. The van der Waals surface area contributed by atoms with Crippen LogP contribution in [0, 0.1) is 24.4 Å². The van der Waals surface area contributed by atoms with Gasteiger partial charge in [-0.2, -0.15) is 0 Å². The molecule has 0 atom stereocenters. The molecule has 0 aliphatic rings. The Morgan fingerprint density at radius 1 is 0.927 bits per heavy atom. The van der Waals surface area contributed by atoms with E-state index in [4.69, 9.17) is 11.3 Å². The van der Waals surface area contributed by atoms with E-state index >= 15 is 0 Å². The number of hydrogen-bond acceptors (Lipinski definition) is 5. The van der Waals surface area contributed by atoms with Crippen molar-refractivity contribution < 1.29 is 31.4 Å². The van der Waals surface area contributed by atoms with E-state index in [9.17, 15) is 0 Å². The van der Waals surface area contributed by atoms with E-state index in [-0.39, 0.29) is 31.5 Å². The summed E-state index contributed by atoms with van der Waals surface area (Å²) >= 11 is 1.41. The maximum Gasteiger partial charge on any atom is 0.216 e. The molecule has 0 aliphatic carbocycles. The van der Waals surface area contributed by atoms with Crippen molar-refractivity contribution in [3.63, 3.8) is 0 Å². The third-order valence-electron chi connectivity index (χ3n) is 6.11. The van der Waals surface area contributed by atoms with Crippen LogP contribution in [0.25, 0.3) is 54.7 Å².